The van der Waals surface area contributed by atoms with Crippen LogP contribution in [0.1, 0.15) is 92.2 Å². The third-order valence-corrected chi connectivity index (χ3v) is 6.86. The number of rotatable bonds is 7. The number of aromatic hydroxyl groups is 1. The van der Waals surface area contributed by atoms with Crippen molar-refractivity contribution in [2.75, 3.05) is 14.1 Å². The molecule has 9 nitrogen and oxygen atoms in total. The highest BCUT2D eigenvalue weighted by Gasteiger charge is 2.30. The first-order valence-corrected chi connectivity index (χ1v) is 13.8. The van der Waals surface area contributed by atoms with Gasteiger partial charge in [-0.2, -0.15) is 0 Å². The van der Waals surface area contributed by atoms with Crippen LogP contribution in [0, 0.1) is 11.3 Å². The minimum atomic E-state index is -0.679. The Balaban J connectivity index is 2.30. The number of amides is 3. The highest BCUT2D eigenvalue weighted by Crippen LogP contribution is 2.37. The molecule has 1 fully saturated rings. The predicted octanol–water partition coefficient (Wildman–Crippen LogP) is 4.78. The van der Waals surface area contributed by atoms with Crippen LogP contribution in [0.2, 0.25) is 0 Å². The highest BCUT2D eigenvalue weighted by molar-refractivity contribution is 5.88. The van der Waals surface area contributed by atoms with E-state index < -0.39 is 22.9 Å². The maximum atomic E-state index is 12.9. The largest absolute Gasteiger partial charge is 0.507 e. The zero-order chi connectivity index (χ0) is 29.7. The van der Waals surface area contributed by atoms with E-state index in [1.54, 1.807) is 53.2 Å². The zero-order valence-corrected chi connectivity index (χ0v) is 25.3. The molecule has 0 aromatic heterocycles. The molecule has 1 aliphatic carbocycles. The van der Waals surface area contributed by atoms with Crippen molar-refractivity contribution in [2.45, 2.75) is 105 Å². The lowest BCUT2D eigenvalue weighted by atomic mass is 9.85. The van der Waals surface area contributed by atoms with Crippen LogP contribution in [-0.2, 0) is 15.0 Å². The van der Waals surface area contributed by atoms with Crippen molar-refractivity contribution in [3.05, 3.63) is 23.3 Å². The molecule has 3 amide bonds. The van der Waals surface area contributed by atoms with Gasteiger partial charge in [-0.1, -0.05) is 47.5 Å². The summed E-state index contributed by atoms with van der Waals surface area (Å²) in [5.41, 5.74) is 0.0118. The summed E-state index contributed by atoms with van der Waals surface area (Å²) in [4.78, 5) is 44.2. The summed E-state index contributed by atoms with van der Waals surface area (Å²) in [6.45, 7) is 15.1. The molecule has 39 heavy (non-hydrogen) atoms. The first kappa shape index (κ1) is 32.1. The van der Waals surface area contributed by atoms with Crippen LogP contribution < -0.4 is 15.4 Å². The van der Waals surface area contributed by atoms with Crippen LogP contribution in [0.25, 0.3) is 0 Å². The first-order chi connectivity index (χ1) is 17.9. The Labute approximate surface area is 233 Å². The van der Waals surface area contributed by atoms with Crippen LogP contribution in [0.15, 0.2) is 17.1 Å². The molecule has 0 heterocycles. The lowest BCUT2D eigenvalue weighted by Crippen LogP contribution is -2.55. The van der Waals surface area contributed by atoms with Crippen LogP contribution in [0.4, 0.5) is 4.79 Å². The van der Waals surface area contributed by atoms with Crippen molar-refractivity contribution < 1.29 is 24.2 Å². The van der Waals surface area contributed by atoms with Gasteiger partial charge in [0.05, 0.1) is 17.5 Å². The maximum absolute atomic E-state index is 12.9. The lowest BCUT2D eigenvalue weighted by Gasteiger charge is -2.31. The standard InChI is InChI=1S/C30H48N4O5/c1-18(2)24(26(36)34(9)10)33-28(38)32-23-14-12-11-13-22(23)31-17-19-15-20(39-27(37)30(6,7)8)16-21(25(19)35)29(3,4)5/h15-18,22-24,35H,11-14H2,1-10H3,(H2,32,33,38)/t22-,23-,24+/m1/s1. The van der Waals surface area contributed by atoms with E-state index in [4.69, 9.17) is 9.73 Å². The van der Waals surface area contributed by atoms with Crippen molar-refractivity contribution in [1.29, 1.82) is 0 Å². The summed E-state index contributed by atoms with van der Waals surface area (Å²) in [6, 6.07) is 1.87. The van der Waals surface area contributed by atoms with Crippen molar-refractivity contribution >= 4 is 24.1 Å². The fourth-order valence-corrected chi connectivity index (χ4v) is 4.40. The predicted molar refractivity (Wildman–Crippen MR) is 155 cm³/mol. The van der Waals surface area contributed by atoms with Gasteiger partial charge >= 0.3 is 12.0 Å². The van der Waals surface area contributed by atoms with Gasteiger partial charge in [0, 0.05) is 31.4 Å². The first-order valence-electron chi connectivity index (χ1n) is 13.8. The van der Waals surface area contributed by atoms with Gasteiger partial charge in [-0.25, -0.2) is 4.79 Å². The Bertz CT molecular complexity index is 1070. The zero-order valence-electron chi connectivity index (χ0n) is 25.3. The number of carbonyl (C=O) groups excluding carboxylic acids is 3. The number of nitrogens with one attached hydrogen (secondary N) is 2. The number of benzene rings is 1. The molecular weight excluding hydrogens is 496 g/mol. The molecule has 1 aliphatic rings. The Morgan fingerprint density at radius 3 is 2.23 bits per heavy atom. The fraction of sp³-hybridized carbons (Fsp3) is 0.667. The lowest BCUT2D eigenvalue weighted by molar-refractivity contribution is -0.143. The molecular formula is C30H48N4O5. The van der Waals surface area contributed by atoms with E-state index >= 15 is 0 Å². The molecule has 2 rings (SSSR count). The molecule has 1 aromatic rings. The number of carbonyl (C=O) groups is 3. The Kier molecular flexibility index (Phi) is 10.6. The third-order valence-electron chi connectivity index (χ3n) is 6.86. The van der Waals surface area contributed by atoms with Crippen LogP contribution in [0.5, 0.6) is 11.5 Å². The molecule has 9 heteroatoms. The summed E-state index contributed by atoms with van der Waals surface area (Å²) >= 11 is 0. The second-order valence-corrected chi connectivity index (χ2v) is 13.1. The molecule has 3 atom stereocenters. The minimum Gasteiger partial charge on any atom is -0.507 e. The monoisotopic (exact) mass is 544 g/mol. The quantitative estimate of drug-likeness (QED) is 0.259. The van der Waals surface area contributed by atoms with E-state index in [2.05, 4.69) is 10.6 Å². The van der Waals surface area contributed by atoms with Crippen molar-refractivity contribution in [3.63, 3.8) is 0 Å². The number of hydrogen-bond donors (Lipinski definition) is 3. The fourth-order valence-electron chi connectivity index (χ4n) is 4.40. The Morgan fingerprint density at radius 1 is 1.08 bits per heavy atom. The van der Waals surface area contributed by atoms with Crippen molar-refractivity contribution in [3.8, 4) is 11.5 Å². The number of ether oxygens (including phenoxy) is 1. The van der Waals surface area contributed by atoms with E-state index in [1.165, 1.54) is 4.90 Å². The van der Waals surface area contributed by atoms with Gasteiger partial charge in [0.25, 0.3) is 0 Å². The van der Waals surface area contributed by atoms with Crippen molar-refractivity contribution in [1.82, 2.24) is 15.5 Å². The normalized spacial score (nSPS) is 19.1. The third kappa shape index (κ3) is 8.97. The SMILES string of the molecule is CC(C)[C@H](NC(=O)N[C@@H]1CCCC[C@H]1N=Cc1cc(OC(=O)C(C)(C)C)cc(C(C)(C)C)c1O)C(=O)N(C)C. The molecule has 0 radical (unpaired) electrons. The number of phenolic OH excluding ortho intramolecular Hbond substituents is 1. The van der Waals surface area contributed by atoms with Crippen LogP contribution in [0.3, 0.4) is 0 Å². The Hall–Kier alpha value is -3.10. The van der Waals surface area contributed by atoms with Gasteiger partial charge in [-0.3, -0.25) is 14.6 Å². The van der Waals surface area contributed by atoms with Gasteiger partial charge in [-0.15, -0.1) is 0 Å². The second-order valence-electron chi connectivity index (χ2n) is 13.1. The Morgan fingerprint density at radius 2 is 1.69 bits per heavy atom. The van der Waals surface area contributed by atoms with E-state index in [-0.39, 0.29) is 35.6 Å². The number of esters is 1. The molecule has 0 unspecified atom stereocenters. The van der Waals surface area contributed by atoms with Gasteiger partial charge in [0.2, 0.25) is 5.91 Å². The van der Waals surface area contributed by atoms with Gasteiger partial charge in [0.15, 0.2) is 0 Å². The van der Waals surface area contributed by atoms with Gasteiger partial charge in [0.1, 0.15) is 17.5 Å². The summed E-state index contributed by atoms with van der Waals surface area (Å²) in [5, 5.41) is 16.9. The molecule has 0 saturated heterocycles. The van der Waals surface area contributed by atoms with Crippen LogP contribution >= 0.6 is 0 Å². The van der Waals surface area contributed by atoms with E-state index in [9.17, 15) is 19.5 Å². The number of urea groups is 1. The molecule has 0 bridgehead atoms. The number of nitrogens with zero attached hydrogens (tertiary/aromatic N) is 2. The topological polar surface area (TPSA) is 120 Å². The maximum Gasteiger partial charge on any atom is 0.316 e. The number of likely N-dealkylation sites (N-methyl/N-ethyl adjacent to an activating group) is 1. The summed E-state index contributed by atoms with van der Waals surface area (Å²) in [6.07, 6.45) is 5.06. The van der Waals surface area contributed by atoms with Gasteiger partial charge in [-0.05, 0) is 57.1 Å². The molecule has 0 aliphatic heterocycles. The molecule has 1 saturated carbocycles. The summed E-state index contributed by atoms with van der Waals surface area (Å²) < 4.78 is 5.66. The van der Waals surface area contributed by atoms with Gasteiger partial charge < -0.3 is 25.4 Å². The highest BCUT2D eigenvalue weighted by atomic mass is 16.5. The average molecular weight is 545 g/mol. The summed E-state index contributed by atoms with van der Waals surface area (Å²) in [7, 11) is 3.34. The molecule has 218 valence electrons. The van der Waals surface area contributed by atoms with E-state index in [0.717, 1.165) is 25.7 Å². The number of phenols is 1. The molecule has 0 spiro atoms. The van der Waals surface area contributed by atoms with E-state index in [1.807, 2.05) is 34.6 Å². The van der Waals surface area contributed by atoms with Crippen molar-refractivity contribution in [2.24, 2.45) is 16.3 Å². The minimum absolute atomic E-state index is 0.0644. The summed E-state index contributed by atoms with van der Waals surface area (Å²) in [5.74, 6) is -0.157. The second kappa shape index (κ2) is 12.8. The number of hydrogen-bond acceptors (Lipinski definition) is 6. The smallest absolute Gasteiger partial charge is 0.316 e. The van der Waals surface area contributed by atoms with E-state index in [0.29, 0.717) is 16.9 Å². The average Bonchev–Trinajstić information content (AvgIpc) is 2.81. The number of aliphatic imine (C=N–C) groups is 1. The molecule has 1 aromatic carbocycles. The molecule has 3 N–H and O–H groups in total. The van der Waals surface area contributed by atoms with Crippen LogP contribution in [-0.4, -0.2) is 66.3 Å².